The van der Waals surface area contributed by atoms with Crippen molar-refractivity contribution >= 4 is 44.3 Å². The average molecular weight is 440 g/mol. The molecule has 0 saturated heterocycles. The molecule has 0 radical (unpaired) electrons. The number of imidazole rings is 1. The molecule has 160 valence electrons. The summed E-state index contributed by atoms with van der Waals surface area (Å²) < 4.78 is 30.7. The highest BCUT2D eigenvalue weighted by atomic mass is 32.2. The van der Waals surface area contributed by atoms with Gasteiger partial charge in [-0.05, 0) is 35.9 Å². The summed E-state index contributed by atoms with van der Waals surface area (Å²) in [5.74, 6) is 1.68. The highest BCUT2D eigenvalue weighted by Crippen LogP contribution is 2.24. The normalized spacial score (nSPS) is 11.3. The van der Waals surface area contributed by atoms with Crippen molar-refractivity contribution in [3.05, 3.63) is 60.4 Å². The third-order valence-electron chi connectivity index (χ3n) is 4.30. The summed E-state index contributed by atoms with van der Waals surface area (Å²) >= 11 is 0. The minimum atomic E-state index is -3.38. The lowest BCUT2D eigenvalue weighted by Crippen LogP contribution is -2.09. The van der Waals surface area contributed by atoms with Gasteiger partial charge in [-0.25, -0.2) is 13.4 Å². The zero-order chi connectivity index (χ0) is 21.8. The van der Waals surface area contributed by atoms with E-state index in [2.05, 4.69) is 35.3 Å². The van der Waals surface area contributed by atoms with Crippen LogP contribution in [-0.2, 0) is 16.6 Å². The summed E-state index contributed by atoms with van der Waals surface area (Å²) in [5.41, 5.74) is 3.27. The maximum absolute atomic E-state index is 11.5. The van der Waals surface area contributed by atoms with Gasteiger partial charge in [0.15, 0.2) is 11.5 Å². The number of methoxy groups -OCH3 is 1. The lowest BCUT2D eigenvalue weighted by molar-refractivity contribution is 0.414. The molecule has 2 heterocycles. The first-order valence-electron chi connectivity index (χ1n) is 9.32. The van der Waals surface area contributed by atoms with E-state index in [1.54, 1.807) is 37.7 Å². The molecule has 10 nitrogen and oxygen atoms in total. The van der Waals surface area contributed by atoms with Crippen LogP contribution in [0.5, 0.6) is 5.75 Å². The van der Waals surface area contributed by atoms with Gasteiger partial charge in [-0.2, -0.15) is 9.97 Å². The van der Waals surface area contributed by atoms with Gasteiger partial charge in [0.2, 0.25) is 16.0 Å². The summed E-state index contributed by atoms with van der Waals surface area (Å²) in [5, 5.41) is 6.40. The van der Waals surface area contributed by atoms with Crippen LogP contribution in [0.15, 0.2) is 54.9 Å². The van der Waals surface area contributed by atoms with Crippen LogP contribution in [0.2, 0.25) is 0 Å². The first-order valence-corrected chi connectivity index (χ1v) is 11.2. The molecule has 0 amide bonds. The summed E-state index contributed by atoms with van der Waals surface area (Å²) in [6.45, 7) is 0.523. The van der Waals surface area contributed by atoms with E-state index in [-0.39, 0.29) is 0 Å². The molecular formula is C20H21N7O3S. The SMILES string of the molecule is COc1cccc(CNc2nc(Nc3cccc(NS(C)(=O)=O)c3)nc3nc[nH]c23)c1. The molecule has 0 atom stereocenters. The van der Waals surface area contributed by atoms with Crippen molar-refractivity contribution in [1.29, 1.82) is 0 Å². The Morgan fingerprint density at radius 1 is 1.06 bits per heavy atom. The van der Waals surface area contributed by atoms with Crippen molar-refractivity contribution in [2.75, 3.05) is 28.7 Å². The number of H-pyrrole nitrogens is 1. The predicted octanol–water partition coefficient (Wildman–Crippen LogP) is 3.09. The fraction of sp³-hybridized carbons (Fsp3) is 0.150. The van der Waals surface area contributed by atoms with Crippen molar-refractivity contribution in [1.82, 2.24) is 19.9 Å². The molecule has 31 heavy (non-hydrogen) atoms. The number of sulfonamides is 1. The van der Waals surface area contributed by atoms with Crippen molar-refractivity contribution < 1.29 is 13.2 Å². The maximum atomic E-state index is 11.5. The number of nitrogens with zero attached hydrogens (tertiary/aromatic N) is 3. The third kappa shape index (κ3) is 5.20. The molecule has 0 spiro atoms. The Morgan fingerprint density at radius 3 is 2.68 bits per heavy atom. The van der Waals surface area contributed by atoms with Gasteiger partial charge in [-0.1, -0.05) is 18.2 Å². The first-order chi connectivity index (χ1) is 14.9. The molecule has 0 aliphatic heterocycles. The fourth-order valence-electron chi connectivity index (χ4n) is 2.99. The summed E-state index contributed by atoms with van der Waals surface area (Å²) in [4.78, 5) is 16.2. The van der Waals surface area contributed by atoms with Crippen LogP contribution in [0.3, 0.4) is 0 Å². The first kappa shape index (κ1) is 20.4. The van der Waals surface area contributed by atoms with Gasteiger partial charge in [0.25, 0.3) is 0 Å². The van der Waals surface area contributed by atoms with Crippen LogP contribution in [-0.4, -0.2) is 41.7 Å². The van der Waals surface area contributed by atoms with E-state index >= 15 is 0 Å². The van der Waals surface area contributed by atoms with E-state index in [0.29, 0.717) is 40.8 Å². The maximum Gasteiger partial charge on any atom is 0.231 e. The average Bonchev–Trinajstić information content (AvgIpc) is 3.20. The number of anilines is 4. The standard InChI is InChI=1S/C20H21N7O3S/c1-30-16-8-3-5-13(9-16)11-21-18-17-19(23-12-22-17)26-20(25-18)24-14-6-4-7-15(10-14)27-31(2,28)29/h3-10,12,27H,11H2,1-2H3,(H3,21,22,23,24,25,26). The molecule has 4 N–H and O–H groups in total. The van der Waals surface area contributed by atoms with Gasteiger partial charge in [0.05, 0.1) is 25.4 Å². The van der Waals surface area contributed by atoms with Gasteiger partial charge in [0.1, 0.15) is 11.3 Å². The summed E-state index contributed by atoms with van der Waals surface area (Å²) in [6.07, 6.45) is 2.65. The van der Waals surface area contributed by atoms with Crippen LogP contribution >= 0.6 is 0 Å². The smallest absolute Gasteiger partial charge is 0.231 e. The Morgan fingerprint density at radius 2 is 1.87 bits per heavy atom. The highest BCUT2D eigenvalue weighted by Gasteiger charge is 2.11. The van der Waals surface area contributed by atoms with E-state index in [9.17, 15) is 8.42 Å². The molecular weight excluding hydrogens is 418 g/mol. The van der Waals surface area contributed by atoms with Gasteiger partial charge >= 0.3 is 0 Å². The van der Waals surface area contributed by atoms with E-state index in [4.69, 9.17) is 4.74 Å². The van der Waals surface area contributed by atoms with Crippen molar-refractivity contribution in [2.45, 2.75) is 6.54 Å². The van der Waals surface area contributed by atoms with Crippen molar-refractivity contribution in [3.63, 3.8) is 0 Å². The van der Waals surface area contributed by atoms with Gasteiger partial charge in [-0.3, -0.25) is 4.72 Å². The van der Waals surface area contributed by atoms with Crippen LogP contribution < -0.4 is 20.1 Å². The van der Waals surface area contributed by atoms with Crippen LogP contribution in [0.25, 0.3) is 11.2 Å². The molecule has 0 bridgehead atoms. The summed E-state index contributed by atoms with van der Waals surface area (Å²) in [7, 11) is -1.75. The number of aromatic nitrogens is 4. The third-order valence-corrected chi connectivity index (χ3v) is 4.91. The largest absolute Gasteiger partial charge is 0.497 e. The topological polar surface area (TPSA) is 134 Å². The van der Waals surface area contributed by atoms with Gasteiger partial charge in [-0.15, -0.1) is 0 Å². The molecule has 4 aromatic rings. The Balaban J connectivity index is 1.58. The number of benzene rings is 2. The van der Waals surface area contributed by atoms with E-state index < -0.39 is 10.0 Å². The Kier molecular flexibility index (Phi) is 5.58. The molecule has 11 heteroatoms. The minimum absolute atomic E-state index is 0.323. The quantitative estimate of drug-likeness (QED) is 0.329. The molecule has 4 rings (SSSR count). The number of fused-ring (bicyclic) bond motifs is 1. The van der Waals surface area contributed by atoms with Crippen LogP contribution in [0.1, 0.15) is 5.56 Å². The zero-order valence-corrected chi connectivity index (χ0v) is 17.7. The molecule has 2 aromatic carbocycles. The Labute approximate surface area is 179 Å². The Hall–Kier alpha value is -3.86. The number of hydrogen-bond donors (Lipinski definition) is 4. The van der Waals surface area contributed by atoms with E-state index in [1.165, 1.54) is 0 Å². The lowest BCUT2D eigenvalue weighted by atomic mass is 10.2. The monoisotopic (exact) mass is 439 g/mol. The molecule has 0 fully saturated rings. The predicted molar refractivity (Wildman–Crippen MR) is 120 cm³/mol. The minimum Gasteiger partial charge on any atom is -0.497 e. The van der Waals surface area contributed by atoms with Crippen molar-refractivity contribution in [2.24, 2.45) is 0 Å². The molecule has 0 saturated carbocycles. The van der Waals surface area contributed by atoms with E-state index in [1.807, 2.05) is 24.3 Å². The number of hydrogen-bond acceptors (Lipinski definition) is 8. The number of rotatable bonds is 8. The highest BCUT2D eigenvalue weighted by molar-refractivity contribution is 7.92. The van der Waals surface area contributed by atoms with Crippen LogP contribution in [0, 0.1) is 0 Å². The molecule has 2 aromatic heterocycles. The fourth-order valence-corrected chi connectivity index (χ4v) is 3.54. The molecule has 0 unspecified atom stereocenters. The second-order valence-corrected chi connectivity index (χ2v) is 8.53. The van der Waals surface area contributed by atoms with Gasteiger partial charge in [0, 0.05) is 12.2 Å². The number of aromatic amines is 1. The summed E-state index contributed by atoms with van der Waals surface area (Å²) in [6, 6.07) is 14.6. The second kappa shape index (κ2) is 8.48. The van der Waals surface area contributed by atoms with Gasteiger partial charge < -0.3 is 20.4 Å². The second-order valence-electron chi connectivity index (χ2n) is 6.78. The zero-order valence-electron chi connectivity index (χ0n) is 16.9. The van der Waals surface area contributed by atoms with E-state index in [0.717, 1.165) is 17.6 Å². The van der Waals surface area contributed by atoms with Crippen LogP contribution in [0.4, 0.5) is 23.1 Å². The molecule has 0 aliphatic carbocycles. The Bertz CT molecular complexity index is 1320. The van der Waals surface area contributed by atoms with Crippen molar-refractivity contribution in [3.8, 4) is 5.75 Å². The molecule has 0 aliphatic rings. The lowest BCUT2D eigenvalue weighted by Gasteiger charge is -2.11. The number of ether oxygens (including phenoxy) is 1. The number of nitrogens with one attached hydrogen (secondary N) is 4.